The number of aromatic nitrogens is 3. The lowest BCUT2D eigenvalue weighted by molar-refractivity contribution is 0.459. The van der Waals surface area contributed by atoms with Crippen molar-refractivity contribution in [3.63, 3.8) is 0 Å². The minimum absolute atomic E-state index is 0.134. The summed E-state index contributed by atoms with van der Waals surface area (Å²) in [4.78, 5) is 8.84. The number of ether oxygens (including phenoxy) is 1. The minimum atomic E-state index is -3.77. The Morgan fingerprint density at radius 3 is 2.39 bits per heavy atom. The van der Waals surface area contributed by atoms with Gasteiger partial charge in [-0.1, -0.05) is 17.7 Å². The molecule has 2 aromatic heterocycles. The lowest BCUT2D eigenvalue weighted by atomic mass is 10.2. The van der Waals surface area contributed by atoms with Crippen LogP contribution in [-0.2, 0) is 10.0 Å². The number of benzene rings is 2. The minimum Gasteiger partial charge on any atom is -0.439 e. The lowest BCUT2D eigenvalue weighted by Crippen LogP contribution is -2.14. The zero-order valence-electron chi connectivity index (χ0n) is 16.8. The molecule has 158 valence electrons. The fraction of sp³-hybridized carbons (Fsp3) is 0.0909. The van der Waals surface area contributed by atoms with E-state index in [0.29, 0.717) is 39.5 Å². The molecule has 0 fully saturated rings. The molecule has 0 saturated heterocycles. The summed E-state index contributed by atoms with van der Waals surface area (Å²) >= 11 is 6.05. The molecule has 31 heavy (non-hydrogen) atoms. The third-order valence-corrected chi connectivity index (χ3v) is 6.44. The molecule has 7 nitrogen and oxygen atoms in total. The van der Waals surface area contributed by atoms with Gasteiger partial charge in [0, 0.05) is 29.2 Å². The summed E-state index contributed by atoms with van der Waals surface area (Å²) < 4.78 is 35.7. The predicted octanol–water partition coefficient (Wildman–Crippen LogP) is 5.13. The van der Waals surface area contributed by atoms with Gasteiger partial charge in [-0.05, 0) is 67.9 Å². The van der Waals surface area contributed by atoms with E-state index in [2.05, 4.69) is 14.7 Å². The Hall–Kier alpha value is -3.36. The van der Waals surface area contributed by atoms with Crippen LogP contribution < -0.4 is 9.46 Å². The van der Waals surface area contributed by atoms with Gasteiger partial charge >= 0.3 is 0 Å². The summed E-state index contributed by atoms with van der Waals surface area (Å²) in [6, 6.07) is 16.9. The standard InChI is InChI=1S/C22H19ClN4O3S/c1-15-19(23)6-5-7-20(15)31(28,29)26-17-8-10-18(11-9-17)30-22-14-21(24-16(2)25-22)27-12-3-4-13-27/h3-14,26H,1-2H3. The van der Waals surface area contributed by atoms with Gasteiger partial charge < -0.3 is 9.30 Å². The van der Waals surface area contributed by atoms with Crippen LogP contribution in [0.4, 0.5) is 5.69 Å². The molecule has 4 rings (SSSR count). The van der Waals surface area contributed by atoms with Crippen molar-refractivity contribution in [2.24, 2.45) is 0 Å². The molecular formula is C22H19ClN4O3S. The molecule has 0 aliphatic carbocycles. The van der Waals surface area contributed by atoms with Crippen LogP contribution in [0.3, 0.4) is 0 Å². The maximum atomic E-state index is 12.7. The Kier molecular flexibility index (Phi) is 5.67. The second-order valence-corrected chi connectivity index (χ2v) is 8.85. The molecule has 2 heterocycles. The molecule has 1 N–H and O–H groups in total. The number of aryl methyl sites for hydroxylation is 1. The average molecular weight is 455 g/mol. The van der Waals surface area contributed by atoms with Crippen molar-refractivity contribution < 1.29 is 13.2 Å². The Balaban J connectivity index is 1.52. The number of sulfonamides is 1. The topological polar surface area (TPSA) is 86.1 Å². The molecule has 0 radical (unpaired) electrons. The molecule has 0 bridgehead atoms. The van der Waals surface area contributed by atoms with Crippen molar-refractivity contribution in [3.05, 3.63) is 89.5 Å². The van der Waals surface area contributed by atoms with E-state index in [1.807, 2.05) is 29.1 Å². The first-order valence-electron chi connectivity index (χ1n) is 9.37. The molecule has 9 heteroatoms. The number of anilines is 1. The second kappa shape index (κ2) is 8.41. The summed E-state index contributed by atoms with van der Waals surface area (Å²) in [5.41, 5.74) is 0.896. The summed E-state index contributed by atoms with van der Waals surface area (Å²) in [7, 11) is -3.77. The van der Waals surface area contributed by atoms with Gasteiger partial charge in [0.1, 0.15) is 17.4 Å². The van der Waals surface area contributed by atoms with E-state index in [1.54, 1.807) is 56.3 Å². The first-order chi connectivity index (χ1) is 14.8. The predicted molar refractivity (Wildman–Crippen MR) is 120 cm³/mol. The van der Waals surface area contributed by atoms with Crippen LogP contribution in [0.25, 0.3) is 5.82 Å². The van der Waals surface area contributed by atoms with Crippen molar-refractivity contribution in [3.8, 4) is 17.4 Å². The van der Waals surface area contributed by atoms with Crippen LogP contribution in [0.15, 0.2) is 78.0 Å². The van der Waals surface area contributed by atoms with Gasteiger partial charge in [-0.3, -0.25) is 4.72 Å². The van der Waals surface area contributed by atoms with E-state index in [1.165, 1.54) is 6.07 Å². The number of hydrogen-bond acceptors (Lipinski definition) is 5. The zero-order valence-corrected chi connectivity index (χ0v) is 18.4. The zero-order chi connectivity index (χ0) is 22.0. The Morgan fingerprint density at radius 2 is 1.68 bits per heavy atom. The van der Waals surface area contributed by atoms with Gasteiger partial charge in [0.05, 0.1) is 4.90 Å². The van der Waals surface area contributed by atoms with Gasteiger partial charge in [0.15, 0.2) is 0 Å². The fourth-order valence-corrected chi connectivity index (χ4v) is 4.56. The molecule has 4 aromatic rings. The molecule has 0 aliphatic rings. The normalized spacial score (nSPS) is 11.3. The monoisotopic (exact) mass is 454 g/mol. The quantitative estimate of drug-likeness (QED) is 0.436. The molecule has 2 aromatic carbocycles. The first-order valence-corrected chi connectivity index (χ1v) is 11.2. The first kappa shape index (κ1) is 20.9. The van der Waals surface area contributed by atoms with Gasteiger partial charge in [-0.15, -0.1) is 0 Å². The van der Waals surface area contributed by atoms with Crippen LogP contribution in [0.1, 0.15) is 11.4 Å². The molecule has 0 atom stereocenters. The number of nitrogens with zero attached hydrogens (tertiary/aromatic N) is 3. The summed E-state index contributed by atoms with van der Waals surface area (Å²) in [6.45, 7) is 3.45. The van der Waals surface area contributed by atoms with Crippen LogP contribution in [0.2, 0.25) is 5.02 Å². The third kappa shape index (κ3) is 4.70. The highest BCUT2D eigenvalue weighted by molar-refractivity contribution is 7.92. The van der Waals surface area contributed by atoms with Gasteiger partial charge in [0.25, 0.3) is 10.0 Å². The highest BCUT2D eigenvalue weighted by atomic mass is 35.5. The Labute approximate surface area is 185 Å². The van der Waals surface area contributed by atoms with E-state index in [0.717, 1.165) is 0 Å². The summed E-state index contributed by atoms with van der Waals surface area (Å²) in [5.74, 6) is 2.16. The molecule has 0 unspecified atom stereocenters. The summed E-state index contributed by atoms with van der Waals surface area (Å²) in [5, 5.41) is 0.394. The Morgan fingerprint density at radius 1 is 0.968 bits per heavy atom. The number of hydrogen-bond donors (Lipinski definition) is 1. The third-order valence-electron chi connectivity index (χ3n) is 4.51. The maximum absolute atomic E-state index is 12.7. The van der Waals surface area contributed by atoms with Crippen LogP contribution in [0.5, 0.6) is 11.6 Å². The molecular weight excluding hydrogens is 436 g/mol. The number of nitrogens with one attached hydrogen (secondary N) is 1. The van der Waals surface area contributed by atoms with Gasteiger partial charge in [-0.2, -0.15) is 4.98 Å². The fourth-order valence-electron chi connectivity index (χ4n) is 3.00. The highest BCUT2D eigenvalue weighted by Crippen LogP contribution is 2.27. The van der Waals surface area contributed by atoms with E-state index in [4.69, 9.17) is 16.3 Å². The smallest absolute Gasteiger partial charge is 0.262 e. The van der Waals surface area contributed by atoms with Crippen molar-refractivity contribution in [2.45, 2.75) is 18.7 Å². The molecule has 0 saturated carbocycles. The summed E-state index contributed by atoms with van der Waals surface area (Å²) in [6.07, 6.45) is 3.77. The van der Waals surface area contributed by atoms with Crippen molar-refractivity contribution in [1.82, 2.24) is 14.5 Å². The largest absolute Gasteiger partial charge is 0.439 e. The average Bonchev–Trinajstić information content (AvgIpc) is 3.26. The molecule has 0 amide bonds. The van der Waals surface area contributed by atoms with Gasteiger partial charge in [-0.25, -0.2) is 13.4 Å². The number of rotatable bonds is 6. The highest BCUT2D eigenvalue weighted by Gasteiger charge is 2.18. The van der Waals surface area contributed by atoms with E-state index < -0.39 is 10.0 Å². The van der Waals surface area contributed by atoms with Crippen molar-refractivity contribution in [2.75, 3.05) is 4.72 Å². The molecule has 0 aliphatic heterocycles. The van der Waals surface area contributed by atoms with E-state index in [9.17, 15) is 8.42 Å². The number of halogens is 1. The van der Waals surface area contributed by atoms with Gasteiger partial charge in [0.2, 0.25) is 5.88 Å². The van der Waals surface area contributed by atoms with Crippen molar-refractivity contribution in [1.29, 1.82) is 0 Å². The van der Waals surface area contributed by atoms with Crippen LogP contribution in [-0.4, -0.2) is 23.0 Å². The van der Waals surface area contributed by atoms with Crippen molar-refractivity contribution >= 4 is 27.3 Å². The maximum Gasteiger partial charge on any atom is 0.262 e. The second-order valence-electron chi connectivity index (χ2n) is 6.80. The van der Waals surface area contributed by atoms with Crippen LogP contribution in [0, 0.1) is 13.8 Å². The van der Waals surface area contributed by atoms with Crippen LogP contribution >= 0.6 is 11.6 Å². The van der Waals surface area contributed by atoms with E-state index in [-0.39, 0.29) is 4.90 Å². The SMILES string of the molecule is Cc1nc(Oc2ccc(NS(=O)(=O)c3cccc(Cl)c3C)cc2)cc(-n2cccc2)n1. The molecule has 0 spiro atoms. The lowest BCUT2D eigenvalue weighted by Gasteiger charge is -2.12. The Bertz CT molecular complexity index is 1320. The van der Waals surface area contributed by atoms with E-state index >= 15 is 0 Å².